The fraction of sp³-hybridized carbons (Fsp3) is 0.143. The highest BCUT2D eigenvalue weighted by atomic mass is 19.3. The lowest BCUT2D eigenvalue weighted by Crippen LogP contribution is -2.19. The number of hydrogen-bond donors (Lipinski definition) is 0. The quantitative estimate of drug-likeness (QED) is 0.788. The molecule has 0 spiro atoms. The number of rotatable bonds is 4. The molecule has 1 atom stereocenters. The van der Waals surface area contributed by atoms with Gasteiger partial charge in [0, 0.05) is 5.56 Å². The highest BCUT2D eigenvalue weighted by molar-refractivity contribution is 5.70. The molecule has 0 fully saturated rings. The van der Waals surface area contributed by atoms with Gasteiger partial charge < -0.3 is 4.74 Å². The molecule has 94 valence electrons. The van der Waals surface area contributed by atoms with Gasteiger partial charge in [-0.1, -0.05) is 48.5 Å². The molecule has 0 saturated carbocycles. The van der Waals surface area contributed by atoms with Crippen molar-refractivity contribution in [3.05, 3.63) is 54.6 Å². The van der Waals surface area contributed by atoms with E-state index >= 15 is 0 Å². The molecule has 1 unspecified atom stereocenters. The summed E-state index contributed by atoms with van der Waals surface area (Å²) in [6.07, 6.45) is -5.77. The summed E-state index contributed by atoms with van der Waals surface area (Å²) in [5, 5.41) is 0. The Hall–Kier alpha value is -1.97. The summed E-state index contributed by atoms with van der Waals surface area (Å²) >= 11 is 0. The molecule has 0 aliphatic heterocycles. The highest BCUT2D eigenvalue weighted by Gasteiger charge is 2.22. The fourth-order valence-electron chi connectivity index (χ4n) is 1.60. The minimum atomic E-state index is -3.16. The third-order valence-electron chi connectivity index (χ3n) is 2.41. The van der Waals surface area contributed by atoms with Gasteiger partial charge in [0.05, 0.1) is 0 Å². The maximum atomic E-state index is 12.9. The lowest BCUT2D eigenvalue weighted by atomic mass is 10.1. The zero-order chi connectivity index (χ0) is 13.0. The van der Waals surface area contributed by atoms with Crippen LogP contribution in [0.1, 0.15) is 0 Å². The molecular weight excluding hydrogens is 241 g/mol. The molecular formula is C14H11F3O. The summed E-state index contributed by atoms with van der Waals surface area (Å²) in [7, 11) is 0. The lowest BCUT2D eigenvalue weighted by Gasteiger charge is -2.14. The lowest BCUT2D eigenvalue weighted by molar-refractivity contribution is -0.0666. The second-order valence-electron chi connectivity index (χ2n) is 3.67. The first-order valence-corrected chi connectivity index (χ1v) is 5.42. The first-order valence-electron chi connectivity index (χ1n) is 5.42. The van der Waals surface area contributed by atoms with Crippen LogP contribution in [0.25, 0.3) is 11.1 Å². The molecule has 0 N–H and O–H groups in total. The molecule has 0 aromatic heterocycles. The number of alkyl halides is 3. The SMILES string of the molecule is FC(F)C(F)Oc1ccccc1-c1ccccc1. The Morgan fingerprint density at radius 1 is 0.778 bits per heavy atom. The Morgan fingerprint density at radius 2 is 1.39 bits per heavy atom. The zero-order valence-electron chi connectivity index (χ0n) is 9.39. The van der Waals surface area contributed by atoms with Gasteiger partial charge in [-0.3, -0.25) is 0 Å². The Bertz CT molecular complexity index is 499. The van der Waals surface area contributed by atoms with Crippen molar-refractivity contribution in [3.8, 4) is 16.9 Å². The topological polar surface area (TPSA) is 9.23 Å². The van der Waals surface area contributed by atoms with Gasteiger partial charge >= 0.3 is 6.43 Å². The van der Waals surface area contributed by atoms with Crippen LogP contribution in [0.3, 0.4) is 0 Å². The largest absolute Gasteiger partial charge is 0.454 e. The number of benzene rings is 2. The molecule has 18 heavy (non-hydrogen) atoms. The van der Waals surface area contributed by atoms with Crippen molar-refractivity contribution >= 4 is 0 Å². The minimum absolute atomic E-state index is 0.108. The van der Waals surface area contributed by atoms with E-state index < -0.39 is 12.8 Å². The van der Waals surface area contributed by atoms with Gasteiger partial charge in [-0.15, -0.1) is 0 Å². The maximum absolute atomic E-state index is 12.9. The van der Waals surface area contributed by atoms with E-state index in [4.69, 9.17) is 0 Å². The molecule has 0 saturated heterocycles. The number of hydrogen-bond acceptors (Lipinski definition) is 1. The van der Waals surface area contributed by atoms with Crippen molar-refractivity contribution in [1.29, 1.82) is 0 Å². The van der Waals surface area contributed by atoms with Gasteiger partial charge in [0.15, 0.2) is 0 Å². The van der Waals surface area contributed by atoms with Crippen LogP contribution in [0.15, 0.2) is 54.6 Å². The molecule has 0 aliphatic carbocycles. The van der Waals surface area contributed by atoms with Crippen LogP contribution in [0.4, 0.5) is 13.2 Å². The third kappa shape index (κ3) is 2.83. The maximum Gasteiger partial charge on any atom is 0.304 e. The van der Waals surface area contributed by atoms with Crippen LogP contribution in [0, 0.1) is 0 Å². The molecule has 0 heterocycles. The summed E-state index contributed by atoms with van der Waals surface area (Å²) in [6.45, 7) is 0. The van der Waals surface area contributed by atoms with Gasteiger partial charge in [-0.2, -0.15) is 4.39 Å². The normalized spacial score (nSPS) is 12.4. The van der Waals surface area contributed by atoms with Crippen molar-refractivity contribution in [3.63, 3.8) is 0 Å². The van der Waals surface area contributed by atoms with Gasteiger partial charge in [-0.05, 0) is 11.6 Å². The Labute approximate surface area is 103 Å². The first-order chi connectivity index (χ1) is 8.68. The first kappa shape index (κ1) is 12.5. The molecule has 1 nitrogen and oxygen atoms in total. The van der Waals surface area contributed by atoms with Crippen LogP contribution < -0.4 is 4.74 Å². The van der Waals surface area contributed by atoms with E-state index in [9.17, 15) is 13.2 Å². The molecule has 2 aromatic rings. The smallest absolute Gasteiger partial charge is 0.304 e. The van der Waals surface area contributed by atoms with E-state index in [1.54, 1.807) is 30.3 Å². The van der Waals surface area contributed by atoms with Crippen LogP contribution >= 0.6 is 0 Å². The van der Waals surface area contributed by atoms with Crippen molar-refractivity contribution in [2.45, 2.75) is 12.8 Å². The third-order valence-corrected chi connectivity index (χ3v) is 2.41. The monoisotopic (exact) mass is 252 g/mol. The van der Waals surface area contributed by atoms with Crippen molar-refractivity contribution in [2.24, 2.45) is 0 Å². The predicted molar refractivity (Wildman–Crippen MR) is 63.4 cm³/mol. The van der Waals surface area contributed by atoms with E-state index in [2.05, 4.69) is 4.74 Å². The molecule has 0 amide bonds. The standard InChI is InChI=1S/C14H11F3O/c15-13(16)14(17)18-12-9-5-4-8-11(12)10-6-2-1-3-7-10/h1-9,13-14H. The summed E-state index contributed by atoms with van der Waals surface area (Å²) in [5.74, 6) is 0.108. The second kappa shape index (κ2) is 5.58. The van der Waals surface area contributed by atoms with E-state index in [0.29, 0.717) is 5.56 Å². The average Bonchev–Trinajstić information content (AvgIpc) is 2.40. The second-order valence-corrected chi connectivity index (χ2v) is 3.67. The van der Waals surface area contributed by atoms with Gasteiger partial charge in [0.2, 0.25) is 0 Å². The Balaban J connectivity index is 2.32. The van der Waals surface area contributed by atoms with Gasteiger partial charge in [0.1, 0.15) is 5.75 Å². The van der Waals surface area contributed by atoms with E-state index in [-0.39, 0.29) is 5.75 Å². The Kier molecular flexibility index (Phi) is 3.87. The van der Waals surface area contributed by atoms with Gasteiger partial charge in [0.25, 0.3) is 6.36 Å². The van der Waals surface area contributed by atoms with E-state index in [1.165, 1.54) is 6.07 Å². The van der Waals surface area contributed by atoms with Crippen LogP contribution in [-0.4, -0.2) is 12.8 Å². The summed E-state index contributed by atoms with van der Waals surface area (Å²) in [6, 6.07) is 15.6. The van der Waals surface area contributed by atoms with Crippen LogP contribution in [0.5, 0.6) is 5.75 Å². The summed E-state index contributed by atoms with van der Waals surface area (Å²) in [5.41, 5.74) is 1.37. The minimum Gasteiger partial charge on any atom is -0.454 e. The average molecular weight is 252 g/mol. The van der Waals surface area contributed by atoms with E-state index in [0.717, 1.165) is 5.56 Å². The Morgan fingerprint density at radius 3 is 2.06 bits per heavy atom. The fourth-order valence-corrected chi connectivity index (χ4v) is 1.60. The van der Waals surface area contributed by atoms with E-state index in [1.807, 2.05) is 18.2 Å². The molecule has 2 aromatic carbocycles. The molecule has 4 heteroatoms. The molecule has 0 bridgehead atoms. The zero-order valence-corrected chi connectivity index (χ0v) is 9.39. The van der Waals surface area contributed by atoms with Crippen LogP contribution in [-0.2, 0) is 0 Å². The van der Waals surface area contributed by atoms with Crippen molar-refractivity contribution in [2.75, 3.05) is 0 Å². The molecule has 0 radical (unpaired) electrons. The number of para-hydroxylation sites is 1. The number of halogens is 3. The number of ether oxygens (including phenoxy) is 1. The van der Waals surface area contributed by atoms with Crippen molar-refractivity contribution in [1.82, 2.24) is 0 Å². The summed E-state index contributed by atoms with van der Waals surface area (Å²) < 4.78 is 41.9. The molecule has 2 rings (SSSR count). The van der Waals surface area contributed by atoms with Crippen LogP contribution in [0.2, 0.25) is 0 Å². The predicted octanol–water partition coefficient (Wildman–Crippen LogP) is 4.29. The van der Waals surface area contributed by atoms with Crippen molar-refractivity contribution < 1.29 is 17.9 Å². The van der Waals surface area contributed by atoms with Gasteiger partial charge in [-0.25, -0.2) is 8.78 Å². The highest BCUT2D eigenvalue weighted by Crippen LogP contribution is 2.31. The molecule has 0 aliphatic rings. The summed E-state index contributed by atoms with van der Waals surface area (Å²) in [4.78, 5) is 0.